The Kier molecular flexibility index (Phi) is 8.45. The second kappa shape index (κ2) is 10.6. The van der Waals surface area contributed by atoms with Crippen LogP contribution in [0.25, 0.3) is 0 Å². The lowest BCUT2D eigenvalue weighted by molar-refractivity contribution is -0.148. The number of nitrogens with zero attached hydrogens (tertiary/aromatic N) is 1. The van der Waals surface area contributed by atoms with E-state index in [0.29, 0.717) is 12.2 Å². The molecule has 1 heterocycles. The monoisotopic (exact) mass is 428 g/mol. The molecule has 0 saturated heterocycles. The number of hydrogen-bond donors (Lipinski definition) is 2. The zero-order valence-electron chi connectivity index (χ0n) is 16.8. The van der Waals surface area contributed by atoms with Gasteiger partial charge < -0.3 is 24.6 Å². The van der Waals surface area contributed by atoms with Crippen LogP contribution in [0.3, 0.4) is 0 Å². The number of sulfonamides is 1. The van der Waals surface area contributed by atoms with Crippen LogP contribution in [0.15, 0.2) is 41.0 Å². The molecule has 10 heteroatoms. The number of allylic oxidation sites excluding steroid dienone is 1. The third-order valence-electron chi connectivity index (χ3n) is 4.40. The molecular formula is C19H28N2O7S. The van der Waals surface area contributed by atoms with Crippen molar-refractivity contribution in [3.8, 4) is 5.75 Å². The Morgan fingerprint density at radius 3 is 2.59 bits per heavy atom. The number of carbonyl (C=O) groups is 1. The molecule has 29 heavy (non-hydrogen) atoms. The standard InChI is InChI=1S/C19H28N2O7S/c1-14-12-17(19(23)20-2)28-18(13-14)27-11-9-21(8-10-22)29(24,25)16-6-4-15(26-3)5-7-16/h4-7,12,14,18,22H,8-11,13H2,1-3H3,(H,20,23)/t14-,18+/m1/s1. The largest absolute Gasteiger partial charge is 0.497 e. The van der Waals surface area contributed by atoms with Crippen molar-refractivity contribution in [1.82, 2.24) is 9.62 Å². The van der Waals surface area contributed by atoms with Crippen LogP contribution in [0.5, 0.6) is 5.75 Å². The highest BCUT2D eigenvalue weighted by atomic mass is 32.2. The summed E-state index contributed by atoms with van der Waals surface area (Å²) < 4.78 is 43.1. The maximum absolute atomic E-state index is 12.9. The quantitative estimate of drug-likeness (QED) is 0.564. The van der Waals surface area contributed by atoms with Gasteiger partial charge >= 0.3 is 0 Å². The molecule has 0 unspecified atom stereocenters. The van der Waals surface area contributed by atoms with Gasteiger partial charge in [-0.15, -0.1) is 0 Å². The number of aliphatic hydroxyl groups excluding tert-OH is 1. The van der Waals surface area contributed by atoms with E-state index in [1.165, 1.54) is 26.3 Å². The lowest BCUT2D eigenvalue weighted by atomic mass is 10.0. The average molecular weight is 429 g/mol. The summed E-state index contributed by atoms with van der Waals surface area (Å²) in [7, 11) is -0.798. The molecule has 9 nitrogen and oxygen atoms in total. The van der Waals surface area contributed by atoms with Crippen LogP contribution in [-0.2, 0) is 24.3 Å². The molecule has 0 radical (unpaired) electrons. The second-order valence-corrected chi connectivity index (χ2v) is 8.48. The van der Waals surface area contributed by atoms with Gasteiger partial charge in [-0.2, -0.15) is 4.31 Å². The SMILES string of the molecule is CNC(=O)C1=C[C@@H](C)C[C@@H](OCCN(CCO)S(=O)(=O)c2ccc(OC)cc2)O1. The molecule has 0 aliphatic carbocycles. The van der Waals surface area contributed by atoms with E-state index in [1.807, 2.05) is 6.92 Å². The van der Waals surface area contributed by atoms with Gasteiger partial charge in [0.05, 0.1) is 25.2 Å². The average Bonchev–Trinajstić information content (AvgIpc) is 2.72. The number of benzene rings is 1. The Hall–Kier alpha value is -2.14. The molecule has 0 aromatic heterocycles. The summed E-state index contributed by atoms with van der Waals surface area (Å²) in [6.07, 6.45) is 1.62. The first-order valence-electron chi connectivity index (χ1n) is 9.29. The van der Waals surface area contributed by atoms with Gasteiger partial charge in [0.2, 0.25) is 16.3 Å². The van der Waals surface area contributed by atoms with Crippen LogP contribution in [0, 0.1) is 5.92 Å². The van der Waals surface area contributed by atoms with Crippen LogP contribution in [0.1, 0.15) is 13.3 Å². The van der Waals surface area contributed by atoms with Crippen LogP contribution >= 0.6 is 0 Å². The molecule has 0 saturated carbocycles. The predicted molar refractivity (Wildman–Crippen MR) is 106 cm³/mol. The van der Waals surface area contributed by atoms with Gasteiger partial charge in [-0.3, -0.25) is 4.79 Å². The first-order chi connectivity index (χ1) is 13.8. The van der Waals surface area contributed by atoms with Crippen molar-refractivity contribution in [3.05, 3.63) is 36.1 Å². The minimum atomic E-state index is -3.81. The smallest absolute Gasteiger partial charge is 0.285 e. The summed E-state index contributed by atoms with van der Waals surface area (Å²) in [5, 5.41) is 11.8. The number of likely N-dealkylation sites (N-methyl/N-ethyl adjacent to an activating group) is 1. The summed E-state index contributed by atoms with van der Waals surface area (Å²) in [5.74, 6) is 0.477. The maximum Gasteiger partial charge on any atom is 0.285 e. The first kappa shape index (κ1) is 23.1. The van der Waals surface area contributed by atoms with E-state index in [4.69, 9.17) is 14.2 Å². The number of rotatable bonds is 10. The molecule has 2 rings (SSSR count). The van der Waals surface area contributed by atoms with Gasteiger partial charge in [0.15, 0.2) is 5.76 Å². The number of carbonyl (C=O) groups excluding carboxylic acids is 1. The molecule has 1 aliphatic rings. The number of nitrogens with one attached hydrogen (secondary N) is 1. The molecule has 0 bridgehead atoms. The molecule has 1 aliphatic heterocycles. The van der Waals surface area contributed by atoms with E-state index < -0.39 is 16.3 Å². The summed E-state index contributed by atoms with van der Waals surface area (Å²) in [6, 6.07) is 6.02. The van der Waals surface area contributed by atoms with Crippen LogP contribution in [0.4, 0.5) is 0 Å². The Balaban J connectivity index is 2.00. The molecule has 2 N–H and O–H groups in total. The third-order valence-corrected chi connectivity index (χ3v) is 6.31. The van der Waals surface area contributed by atoms with Gasteiger partial charge in [0.25, 0.3) is 5.91 Å². The normalized spacial score (nSPS) is 19.4. The maximum atomic E-state index is 12.9. The molecular weight excluding hydrogens is 400 g/mol. The Labute approximate surface area is 171 Å². The molecule has 162 valence electrons. The number of hydrogen-bond acceptors (Lipinski definition) is 7. The van der Waals surface area contributed by atoms with Crippen LogP contribution < -0.4 is 10.1 Å². The number of ether oxygens (including phenoxy) is 3. The van der Waals surface area contributed by atoms with E-state index in [1.54, 1.807) is 18.2 Å². The Morgan fingerprint density at radius 2 is 2.00 bits per heavy atom. The van der Waals surface area contributed by atoms with Gasteiger partial charge in [0, 0.05) is 26.6 Å². The highest BCUT2D eigenvalue weighted by Gasteiger charge is 2.27. The van der Waals surface area contributed by atoms with Crippen molar-refractivity contribution in [2.75, 3.05) is 40.5 Å². The summed E-state index contributed by atoms with van der Waals surface area (Å²) >= 11 is 0. The van der Waals surface area contributed by atoms with E-state index in [-0.39, 0.29) is 48.8 Å². The first-order valence-corrected chi connectivity index (χ1v) is 10.7. The van der Waals surface area contributed by atoms with Crippen LogP contribution in [0.2, 0.25) is 0 Å². The van der Waals surface area contributed by atoms with Crippen molar-refractivity contribution in [2.24, 2.45) is 5.92 Å². The van der Waals surface area contributed by atoms with E-state index in [2.05, 4.69) is 5.32 Å². The van der Waals surface area contributed by atoms with E-state index >= 15 is 0 Å². The molecule has 1 amide bonds. The minimum Gasteiger partial charge on any atom is -0.497 e. The van der Waals surface area contributed by atoms with Crippen molar-refractivity contribution in [2.45, 2.75) is 24.5 Å². The van der Waals surface area contributed by atoms with Crippen molar-refractivity contribution < 1.29 is 32.5 Å². The molecule has 1 aromatic carbocycles. The van der Waals surface area contributed by atoms with Crippen LogP contribution in [-0.4, -0.2) is 70.5 Å². The highest BCUT2D eigenvalue weighted by Crippen LogP contribution is 2.23. The Bertz CT molecular complexity index is 808. The number of amides is 1. The van der Waals surface area contributed by atoms with Gasteiger partial charge in [-0.05, 0) is 36.3 Å². The lowest BCUT2D eigenvalue weighted by Gasteiger charge is -2.28. The summed E-state index contributed by atoms with van der Waals surface area (Å²) in [4.78, 5) is 11.9. The predicted octanol–water partition coefficient (Wildman–Crippen LogP) is 0.707. The number of methoxy groups -OCH3 is 1. The highest BCUT2D eigenvalue weighted by molar-refractivity contribution is 7.89. The molecule has 0 fully saturated rings. The topological polar surface area (TPSA) is 114 Å². The van der Waals surface area contributed by atoms with E-state index in [0.717, 1.165) is 4.31 Å². The van der Waals surface area contributed by atoms with Crippen molar-refractivity contribution in [1.29, 1.82) is 0 Å². The van der Waals surface area contributed by atoms with Gasteiger partial charge in [-0.25, -0.2) is 8.42 Å². The van der Waals surface area contributed by atoms with Crippen molar-refractivity contribution >= 4 is 15.9 Å². The molecule has 0 spiro atoms. The fourth-order valence-electron chi connectivity index (χ4n) is 2.86. The molecule has 2 atom stereocenters. The van der Waals surface area contributed by atoms with E-state index in [9.17, 15) is 18.3 Å². The fraction of sp³-hybridized carbons (Fsp3) is 0.526. The lowest BCUT2D eigenvalue weighted by Crippen LogP contribution is -2.38. The molecule has 1 aromatic rings. The third kappa shape index (κ3) is 6.17. The Morgan fingerprint density at radius 1 is 1.31 bits per heavy atom. The fourth-order valence-corrected chi connectivity index (χ4v) is 4.27. The van der Waals surface area contributed by atoms with Gasteiger partial charge in [-0.1, -0.05) is 6.92 Å². The van der Waals surface area contributed by atoms with Crippen molar-refractivity contribution in [3.63, 3.8) is 0 Å². The number of aliphatic hydroxyl groups is 1. The van der Waals surface area contributed by atoms with Gasteiger partial charge in [0.1, 0.15) is 5.75 Å². The zero-order chi connectivity index (χ0) is 21.4. The minimum absolute atomic E-state index is 0.0299. The zero-order valence-corrected chi connectivity index (χ0v) is 17.6. The summed E-state index contributed by atoms with van der Waals surface area (Å²) in [6.45, 7) is 1.63. The summed E-state index contributed by atoms with van der Waals surface area (Å²) in [5.41, 5.74) is 0. The second-order valence-electron chi connectivity index (χ2n) is 6.54.